The molecule has 4 N–H and O–H groups in total. The van der Waals surface area contributed by atoms with E-state index in [-0.39, 0.29) is 25.0 Å². The Morgan fingerprint density at radius 3 is 2.27 bits per heavy atom. The second-order valence-corrected chi connectivity index (χ2v) is 7.48. The number of carboxylic acids is 1. The van der Waals surface area contributed by atoms with Crippen LogP contribution in [0.2, 0.25) is 0 Å². The second-order valence-electron chi connectivity index (χ2n) is 7.48. The van der Waals surface area contributed by atoms with Gasteiger partial charge in [0, 0.05) is 6.42 Å². The van der Waals surface area contributed by atoms with Gasteiger partial charge in [-0.1, -0.05) is 38.5 Å². The zero-order valence-corrected chi connectivity index (χ0v) is 16.0. The summed E-state index contributed by atoms with van der Waals surface area (Å²) in [6.45, 7) is 3.74. The molecule has 0 aromatic heterocycles. The molecular weight excluding hydrogens is 340 g/mol. The minimum Gasteiger partial charge on any atom is -0.481 e. The molecule has 7 heteroatoms. The van der Waals surface area contributed by atoms with E-state index in [0.717, 1.165) is 44.9 Å². The summed E-state index contributed by atoms with van der Waals surface area (Å²) in [5.41, 5.74) is 0. The molecule has 0 unspecified atom stereocenters. The number of hydrogen-bond donors (Lipinski definition) is 4. The quantitative estimate of drug-likeness (QED) is 0.364. The Morgan fingerprint density at radius 1 is 1.08 bits per heavy atom. The third-order valence-corrected chi connectivity index (χ3v) is 4.86. The van der Waals surface area contributed by atoms with Crippen LogP contribution in [0.4, 0.5) is 0 Å². The van der Waals surface area contributed by atoms with Gasteiger partial charge in [-0.15, -0.1) is 0 Å². The predicted molar refractivity (Wildman–Crippen MR) is 96.7 cm³/mol. The summed E-state index contributed by atoms with van der Waals surface area (Å²) >= 11 is 0. The van der Waals surface area contributed by atoms with Gasteiger partial charge in [0.15, 0.2) is 6.29 Å². The Labute approximate surface area is 156 Å². The molecule has 0 saturated carbocycles. The molecule has 154 valence electrons. The van der Waals surface area contributed by atoms with Gasteiger partial charge in [-0.05, 0) is 26.7 Å². The first-order valence-corrected chi connectivity index (χ1v) is 9.86. The van der Waals surface area contributed by atoms with Crippen molar-refractivity contribution in [3.63, 3.8) is 0 Å². The summed E-state index contributed by atoms with van der Waals surface area (Å²) < 4.78 is 11.3. The number of hydrogen-bond acceptors (Lipinski definition) is 6. The number of carboxylic acid groups (broad SMARTS) is 1. The van der Waals surface area contributed by atoms with Crippen molar-refractivity contribution in [2.24, 2.45) is 0 Å². The molecule has 0 spiro atoms. The number of carbonyl (C=O) groups is 1. The first-order valence-electron chi connectivity index (χ1n) is 9.86. The van der Waals surface area contributed by atoms with Crippen molar-refractivity contribution in [2.75, 3.05) is 0 Å². The lowest BCUT2D eigenvalue weighted by Crippen LogP contribution is -2.48. The van der Waals surface area contributed by atoms with Gasteiger partial charge in [0.05, 0.1) is 30.8 Å². The average Bonchev–Trinajstić information content (AvgIpc) is 2.54. The van der Waals surface area contributed by atoms with Crippen LogP contribution < -0.4 is 0 Å². The summed E-state index contributed by atoms with van der Waals surface area (Å²) in [4.78, 5) is 10.4. The van der Waals surface area contributed by atoms with Crippen LogP contribution in [-0.4, -0.2) is 63.2 Å². The SMILES string of the molecule is C[C@H](CCCCCCCC[C@@H](O)CC(=O)O)O[C@@H]1O[C@@H](C)[C@H](O)C[C@H]1O. The molecular formula is C19H36O7. The zero-order chi connectivity index (χ0) is 19.5. The Morgan fingerprint density at radius 2 is 1.65 bits per heavy atom. The number of aliphatic hydroxyl groups is 3. The molecule has 1 fully saturated rings. The van der Waals surface area contributed by atoms with Gasteiger partial charge < -0.3 is 29.9 Å². The van der Waals surface area contributed by atoms with E-state index < -0.39 is 30.6 Å². The van der Waals surface area contributed by atoms with Crippen LogP contribution in [0.25, 0.3) is 0 Å². The van der Waals surface area contributed by atoms with E-state index in [1.54, 1.807) is 6.92 Å². The largest absolute Gasteiger partial charge is 0.481 e. The van der Waals surface area contributed by atoms with Gasteiger partial charge in [0.2, 0.25) is 0 Å². The van der Waals surface area contributed by atoms with Crippen LogP contribution in [0.1, 0.15) is 78.1 Å². The molecule has 1 saturated heterocycles. The number of rotatable bonds is 13. The lowest BCUT2D eigenvalue weighted by Gasteiger charge is -2.36. The maximum absolute atomic E-state index is 10.4. The summed E-state index contributed by atoms with van der Waals surface area (Å²) in [5.74, 6) is -0.953. The highest BCUT2D eigenvalue weighted by Gasteiger charge is 2.35. The molecule has 0 aromatic rings. The molecule has 1 rings (SSSR count). The number of ether oxygens (including phenoxy) is 2. The lowest BCUT2D eigenvalue weighted by atomic mass is 10.0. The molecule has 26 heavy (non-hydrogen) atoms. The third kappa shape index (κ3) is 9.83. The molecule has 7 nitrogen and oxygen atoms in total. The van der Waals surface area contributed by atoms with E-state index in [1.807, 2.05) is 6.92 Å². The van der Waals surface area contributed by atoms with Gasteiger partial charge in [-0.3, -0.25) is 4.79 Å². The van der Waals surface area contributed by atoms with E-state index >= 15 is 0 Å². The number of aliphatic carboxylic acids is 1. The molecule has 0 aliphatic carbocycles. The Hall–Kier alpha value is -0.730. The molecule has 1 heterocycles. The highest BCUT2D eigenvalue weighted by molar-refractivity contribution is 5.67. The monoisotopic (exact) mass is 376 g/mol. The Bertz CT molecular complexity index is 390. The van der Waals surface area contributed by atoms with Crippen LogP contribution in [0.15, 0.2) is 0 Å². The van der Waals surface area contributed by atoms with Gasteiger partial charge in [-0.2, -0.15) is 0 Å². The van der Waals surface area contributed by atoms with Crippen LogP contribution >= 0.6 is 0 Å². The fourth-order valence-electron chi connectivity index (χ4n) is 3.19. The van der Waals surface area contributed by atoms with Crippen molar-refractivity contribution in [1.82, 2.24) is 0 Å². The topological polar surface area (TPSA) is 116 Å². The molecule has 6 atom stereocenters. The minimum atomic E-state index is -0.953. The molecule has 0 bridgehead atoms. The maximum atomic E-state index is 10.4. The van der Waals surface area contributed by atoms with E-state index in [2.05, 4.69) is 0 Å². The summed E-state index contributed by atoms with van der Waals surface area (Å²) in [7, 11) is 0. The van der Waals surface area contributed by atoms with Gasteiger partial charge in [0.1, 0.15) is 6.10 Å². The van der Waals surface area contributed by atoms with Crippen molar-refractivity contribution in [1.29, 1.82) is 0 Å². The Balaban J connectivity index is 2.00. The second kappa shape index (κ2) is 12.6. The molecule has 1 aliphatic rings. The van der Waals surface area contributed by atoms with E-state index in [0.29, 0.717) is 6.42 Å². The van der Waals surface area contributed by atoms with E-state index in [4.69, 9.17) is 14.6 Å². The fraction of sp³-hybridized carbons (Fsp3) is 0.947. The van der Waals surface area contributed by atoms with Crippen molar-refractivity contribution < 1.29 is 34.7 Å². The van der Waals surface area contributed by atoms with E-state index in [9.17, 15) is 20.1 Å². The van der Waals surface area contributed by atoms with Crippen molar-refractivity contribution in [2.45, 2.75) is 115 Å². The van der Waals surface area contributed by atoms with Crippen LogP contribution in [0.5, 0.6) is 0 Å². The Kier molecular flexibility index (Phi) is 11.3. The smallest absolute Gasteiger partial charge is 0.305 e. The fourth-order valence-corrected chi connectivity index (χ4v) is 3.19. The van der Waals surface area contributed by atoms with Crippen molar-refractivity contribution in [3.05, 3.63) is 0 Å². The first kappa shape index (κ1) is 23.3. The minimum absolute atomic E-state index is 0.0109. The summed E-state index contributed by atoms with van der Waals surface area (Å²) in [6, 6.07) is 0. The highest BCUT2D eigenvalue weighted by Crippen LogP contribution is 2.23. The average molecular weight is 376 g/mol. The molecule has 1 aliphatic heterocycles. The van der Waals surface area contributed by atoms with Gasteiger partial charge in [-0.25, -0.2) is 0 Å². The number of aliphatic hydroxyl groups excluding tert-OH is 3. The van der Waals surface area contributed by atoms with Gasteiger partial charge in [0.25, 0.3) is 0 Å². The van der Waals surface area contributed by atoms with Crippen LogP contribution in [0.3, 0.4) is 0 Å². The summed E-state index contributed by atoms with van der Waals surface area (Å²) in [6.07, 6.45) is 4.54. The maximum Gasteiger partial charge on any atom is 0.305 e. The lowest BCUT2D eigenvalue weighted by molar-refractivity contribution is -0.273. The third-order valence-electron chi connectivity index (χ3n) is 4.86. The zero-order valence-electron chi connectivity index (χ0n) is 16.0. The predicted octanol–water partition coefficient (Wildman–Crippen LogP) is 2.20. The van der Waals surface area contributed by atoms with Crippen LogP contribution in [-0.2, 0) is 14.3 Å². The molecule has 0 radical (unpaired) electrons. The van der Waals surface area contributed by atoms with E-state index in [1.165, 1.54) is 0 Å². The van der Waals surface area contributed by atoms with Crippen molar-refractivity contribution in [3.8, 4) is 0 Å². The molecule has 0 aromatic carbocycles. The summed E-state index contributed by atoms with van der Waals surface area (Å²) in [5, 5.41) is 37.6. The standard InChI is InChI=1S/C19H36O7/c1-13(25-19-17(22)12-16(21)14(2)26-19)9-7-5-3-4-6-8-10-15(20)11-18(23)24/h13-17,19-22H,3-12H2,1-2H3,(H,23,24)/t13-,14+,15-,16-,17-,19-/m1/s1. The normalized spacial score (nSPS) is 28.7. The molecule has 0 amide bonds. The highest BCUT2D eigenvalue weighted by atomic mass is 16.7. The van der Waals surface area contributed by atoms with Gasteiger partial charge >= 0.3 is 5.97 Å². The first-order chi connectivity index (χ1) is 12.3. The van der Waals surface area contributed by atoms with Crippen molar-refractivity contribution >= 4 is 5.97 Å². The number of unbranched alkanes of at least 4 members (excludes halogenated alkanes) is 5. The van der Waals surface area contributed by atoms with Crippen LogP contribution in [0, 0.1) is 0 Å².